The molecule has 2 aliphatic heterocycles. The Morgan fingerprint density at radius 3 is 2.84 bits per heavy atom. The van der Waals surface area contributed by atoms with Crippen LogP contribution >= 0.6 is 0 Å². The summed E-state index contributed by atoms with van der Waals surface area (Å²) in [5.41, 5.74) is 5.79. The highest BCUT2D eigenvalue weighted by Gasteiger charge is 2.32. The molecule has 6 heteroatoms. The lowest BCUT2D eigenvalue weighted by Gasteiger charge is -2.20. The van der Waals surface area contributed by atoms with Crippen molar-refractivity contribution in [2.24, 2.45) is 0 Å². The molecule has 0 atom stereocenters. The van der Waals surface area contributed by atoms with E-state index >= 15 is 0 Å². The predicted molar refractivity (Wildman–Crippen MR) is 122 cm³/mol. The maximum atomic E-state index is 13.8. The Morgan fingerprint density at radius 2 is 2.03 bits per heavy atom. The second-order valence-corrected chi connectivity index (χ2v) is 8.07. The Hall–Kier alpha value is -3.51. The number of carbonyl (C=O) groups is 1. The number of pyridine rings is 1. The van der Waals surface area contributed by atoms with Crippen LogP contribution in [0.1, 0.15) is 34.9 Å². The lowest BCUT2D eigenvalue weighted by atomic mass is 9.99. The molecule has 1 N–H and O–H groups in total. The first kappa shape index (κ1) is 20.4. The van der Waals surface area contributed by atoms with Crippen LogP contribution in [0, 0.1) is 5.82 Å². The lowest BCUT2D eigenvalue weighted by molar-refractivity contribution is -0.110. The fraction of sp³-hybridized carbons (Fsp3) is 0.231. The number of nitrogens with one attached hydrogen (secondary N) is 1. The zero-order valence-corrected chi connectivity index (χ0v) is 17.9. The summed E-state index contributed by atoms with van der Waals surface area (Å²) in [5, 5.41) is 2.80. The maximum Gasteiger partial charge on any atom is 0.260 e. The molecule has 1 aromatic heterocycles. The third-order valence-corrected chi connectivity index (χ3v) is 6.00. The van der Waals surface area contributed by atoms with E-state index in [1.165, 1.54) is 17.7 Å². The number of halogens is 1. The number of carbonyl (C=O) groups excluding carboxylic acids is 1. The number of likely N-dealkylation sites (N-methyl/N-ethyl adjacent to an activating group) is 1. The number of nitrogens with zero attached hydrogens (tertiary/aromatic N) is 2. The van der Waals surface area contributed by atoms with Gasteiger partial charge in [0.1, 0.15) is 18.2 Å². The number of rotatable bonds is 6. The molecule has 0 spiro atoms. The zero-order valence-electron chi connectivity index (χ0n) is 17.9. The Bertz CT molecular complexity index is 1210. The molecule has 162 valence electrons. The summed E-state index contributed by atoms with van der Waals surface area (Å²) in [6.45, 7) is 5.26. The second kappa shape index (κ2) is 8.55. The van der Waals surface area contributed by atoms with Crippen molar-refractivity contribution in [1.82, 2.24) is 9.88 Å². The number of hydrogen-bond acceptors (Lipinski definition) is 4. The first-order valence-corrected chi connectivity index (χ1v) is 10.8. The van der Waals surface area contributed by atoms with Gasteiger partial charge in [0.05, 0.1) is 5.57 Å². The van der Waals surface area contributed by atoms with E-state index in [9.17, 15) is 9.18 Å². The molecule has 5 nitrogen and oxygen atoms in total. The van der Waals surface area contributed by atoms with Crippen LogP contribution in [-0.4, -0.2) is 28.9 Å². The molecular weight excluding hydrogens is 405 g/mol. The fourth-order valence-corrected chi connectivity index (χ4v) is 4.31. The second-order valence-electron chi connectivity index (χ2n) is 8.07. The fourth-order valence-electron chi connectivity index (χ4n) is 4.31. The highest BCUT2D eigenvalue weighted by atomic mass is 19.1. The van der Waals surface area contributed by atoms with E-state index in [0.717, 1.165) is 42.9 Å². The van der Waals surface area contributed by atoms with Crippen molar-refractivity contribution in [2.75, 3.05) is 18.4 Å². The molecular formula is C26H24FN3O2. The van der Waals surface area contributed by atoms with Crippen LogP contribution in [0.3, 0.4) is 0 Å². The molecule has 5 rings (SSSR count). The van der Waals surface area contributed by atoms with Gasteiger partial charge in [0.25, 0.3) is 5.91 Å². The maximum absolute atomic E-state index is 13.8. The van der Waals surface area contributed by atoms with Crippen LogP contribution in [0.4, 0.5) is 10.1 Å². The molecule has 0 saturated carbocycles. The minimum Gasteiger partial charge on any atom is -0.487 e. The van der Waals surface area contributed by atoms with Crippen molar-refractivity contribution in [3.8, 4) is 0 Å². The van der Waals surface area contributed by atoms with Gasteiger partial charge in [0, 0.05) is 53.8 Å². The number of amides is 1. The van der Waals surface area contributed by atoms with Gasteiger partial charge in [0.15, 0.2) is 0 Å². The van der Waals surface area contributed by atoms with Gasteiger partial charge >= 0.3 is 0 Å². The van der Waals surface area contributed by atoms with Crippen molar-refractivity contribution in [1.29, 1.82) is 0 Å². The molecule has 0 fully saturated rings. The summed E-state index contributed by atoms with van der Waals surface area (Å²) in [6.07, 6.45) is 2.74. The molecule has 0 unspecified atom stereocenters. The summed E-state index contributed by atoms with van der Waals surface area (Å²) in [7, 11) is 0. The van der Waals surface area contributed by atoms with Gasteiger partial charge in [-0.15, -0.1) is 0 Å². The number of fused-ring (bicyclic) bond motifs is 2. The minimum absolute atomic E-state index is 0.260. The number of anilines is 1. The Balaban J connectivity index is 1.37. The van der Waals surface area contributed by atoms with Crippen LogP contribution in [-0.2, 0) is 29.1 Å². The van der Waals surface area contributed by atoms with Gasteiger partial charge in [0.2, 0.25) is 0 Å². The van der Waals surface area contributed by atoms with Crippen LogP contribution in [0.2, 0.25) is 0 Å². The van der Waals surface area contributed by atoms with Gasteiger partial charge < -0.3 is 10.1 Å². The molecule has 3 heterocycles. The highest BCUT2D eigenvalue weighted by Crippen LogP contribution is 2.42. The summed E-state index contributed by atoms with van der Waals surface area (Å²) in [6, 6.07) is 16.5. The predicted octanol–water partition coefficient (Wildman–Crippen LogP) is 4.64. The first-order chi connectivity index (χ1) is 15.6. The molecule has 0 saturated heterocycles. The van der Waals surface area contributed by atoms with Crippen molar-refractivity contribution < 1.29 is 13.9 Å². The average molecular weight is 429 g/mol. The molecule has 1 amide bonds. The van der Waals surface area contributed by atoms with Gasteiger partial charge in [-0.2, -0.15) is 0 Å². The number of hydrogen-bond donors (Lipinski definition) is 1. The van der Waals surface area contributed by atoms with E-state index in [1.54, 1.807) is 6.07 Å². The van der Waals surface area contributed by atoms with E-state index < -0.39 is 0 Å². The summed E-state index contributed by atoms with van der Waals surface area (Å²) in [4.78, 5) is 19.4. The zero-order chi connectivity index (χ0) is 22.1. The van der Waals surface area contributed by atoms with Crippen molar-refractivity contribution in [3.63, 3.8) is 0 Å². The van der Waals surface area contributed by atoms with E-state index in [0.29, 0.717) is 29.2 Å². The number of ether oxygens (including phenoxy) is 1. The quantitative estimate of drug-likeness (QED) is 0.580. The Labute approximate surface area is 186 Å². The van der Waals surface area contributed by atoms with Crippen LogP contribution in [0.5, 0.6) is 0 Å². The Morgan fingerprint density at radius 1 is 1.12 bits per heavy atom. The van der Waals surface area contributed by atoms with E-state index in [2.05, 4.69) is 40.3 Å². The Kier molecular flexibility index (Phi) is 5.45. The molecule has 32 heavy (non-hydrogen) atoms. The minimum atomic E-state index is -0.378. The third-order valence-electron chi connectivity index (χ3n) is 6.00. The van der Waals surface area contributed by atoms with Crippen molar-refractivity contribution in [2.45, 2.75) is 26.5 Å². The van der Waals surface area contributed by atoms with Crippen molar-refractivity contribution in [3.05, 3.63) is 94.6 Å². The van der Waals surface area contributed by atoms with Crippen LogP contribution < -0.4 is 5.32 Å². The summed E-state index contributed by atoms with van der Waals surface area (Å²) < 4.78 is 19.8. The topological polar surface area (TPSA) is 54.5 Å². The van der Waals surface area contributed by atoms with Gasteiger partial charge in [-0.1, -0.05) is 31.2 Å². The smallest absolute Gasteiger partial charge is 0.260 e. The number of aromatic nitrogens is 1. The molecule has 3 aromatic rings. The van der Waals surface area contributed by atoms with Gasteiger partial charge in [-0.05, 0) is 42.4 Å². The molecule has 0 radical (unpaired) electrons. The monoisotopic (exact) mass is 429 g/mol. The largest absolute Gasteiger partial charge is 0.487 e. The van der Waals surface area contributed by atoms with Crippen LogP contribution in [0.15, 0.2) is 60.8 Å². The molecule has 0 aliphatic carbocycles. The van der Waals surface area contributed by atoms with Gasteiger partial charge in [-0.25, -0.2) is 4.39 Å². The average Bonchev–Trinajstić information content (AvgIpc) is 3.36. The normalized spacial score (nSPS) is 16.7. The highest BCUT2D eigenvalue weighted by molar-refractivity contribution is 6.36. The van der Waals surface area contributed by atoms with E-state index in [4.69, 9.17) is 4.74 Å². The molecule has 0 bridgehead atoms. The van der Waals surface area contributed by atoms with Gasteiger partial charge in [-0.3, -0.25) is 14.7 Å². The van der Waals surface area contributed by atoms with Crippen LogP contribution in [0.25, 0.3) is 11.3 Å². The van der Waals surface area contributed by atoms with Crippen molar-refractivity contribution >= 4 is 22.9 Å². The third kappa shape index (κ3) is 3.89. The standard InChI is InChI=1S/C26H24FN3O2/c1-2-30(12-10-20-5-3-4-11-28-20)15-17-6-8-21-18(13-17)16-32-25(21)24-22-14-19(27)7-9-23(22)29-26(24)31/h3-9,11,13-14H,2,10,12,15-16H2,1H3,(H,29,31). The SMILES string of the molecule is CCN(CCc1ccccn1)Cc1ccc2c(c1)COC2=C1C(=O)Nc2ccc(F)cc21. The summed E-state index contributed by atoms with van der Waals surface area (Å²) >= 11 is 0. The molecule has 2 aliphatic rings. The number of benzene rings is 2. The lowest BCUT2D eigenvalue weighted by Crippen LogP contribution is -2.25. The summed E-state index contributed by atoms with van der Waals surface area (Å²) in [5.74, 6) is -0.114. The first-order valence-electron chi connectivity index (χ1n) is 10.8. The van der Waals surface area contributed by atoms with E-state index in [1.807, 2.05) is 24.4 Å². The van der Waals surface area contributed by atoms with E-state index in [-0.39, 0.29) is 11.7 Å². The molecule has 2 aromatic carbocycles.